The molecule has 0 saturated heterocycles. The van der Waals surface area contributed by atoms with E-state index in [9.17, 15) is 0 Å². The van der Waals surface area contributed by atoms with Gasteiger partial charge < -0.3 is 0 Å². The molecule has 0 unspecified atom stereocenters. The normalized spacial score (nSPS) is 13.2. The Kier molecular flexibility index (Phi) is 12.7. The molecule has 50 heavy (non-hydrogen) atoms. The van der Waals surface area contributed by atoms with E-state index in [2.05, 4.69) is 222 Å². The van der Waals surface area contributed by atoms with Crippen LogP contribution in [0.25, 0.3) is 0 Å². The molecule has 0 bridgehead atoms. The summed E-state index contributed by atoms with van der Waals surface area (Å²) < 4.78 is 0. The minimum atomic E-state index is -2.37. The predicted octanol–water partition coefficient (Wildman–Crippen LogP) is 9.88. The second-order valence-electron chi connectivity index (χ2n) is 12.6. The maximum atomic E-state index is 4.60. The third-order valence-corrected chi connectivity index (χ3v) is 18.8. The smallest absolute Gasteiger partial charge is 0.0226 e. The maximum absolute atomic E-state index is 4.60. The minimum absolute atomic E-state index is 0. The summed E-state index contributed by atoms with van der Waals surface area (Å²) in [6.45, 7) is 6.25. The van der Waals surface area contributed by atoms with Crippen molar-refractivity contribution in [2.45, 2.75) is 34.6 Å². The molecule has 0 fully saturated rings. The van der Waals surface area contributed by atoms with E-state index >= 15 is 0 Å². The molecule has 254 valence electrons. The van der Waals surface area contributed by atoms with Gasteiger partial charge in [0.05, 0.1) is 0 Å². The first-order valence-electron chi connectivity index (χ1n) is 17.0. The molecule has 2 radical (unpaired) electrons. The average molecular weight is 780 g/mol. The molecule has 0 nitrogen and oxygen atoms in total. The van der Waals surface area contributed by atoms with Crippen molar-refractivity contribution in [3.05, 3.63) is 210 Å². The zero-order valence-electron chi connectivity index (χ0n) is 29.5. The summed E-state index contributed by atoms with van der Waals surface area (Å²) in [5.41, 5.74) is 5.87. The van der Waals surface area contributed by atoms with Crippen LogP contribution in [-0.2, 0) is 22.4 Å². The number of rotatable bonds is 6. The summed E-state index contributed by atoms with van der Waals surface area (Å²) in [4.78, 5) is 0. The van der Waals surface area contributed by atoms with Crippen molar-refractivity contribution in [2.24, 2.45) is 0 Å². The van der Waals surface area contributed by atoms with E-state index < -0.39 is 13.8 Å². The van der Waals surface area contributed by atoms with Crippen LogP contribution < -0.4 is 31.8 Å². The van der Waals surface area contributed by atoms with E-state index in [-0.39, 0.29) is 22.4 Å². The van der Waals surface area contributed by atoms with Crippen LogP contribution in [0.5, 0.6) is 0 Å². The fraction of sp³-hybridized carbons (Fsp3) is 0.106. The summed E-state index contributed by atoms with van der Waals surface area (Å²) >= 11 is 0. The third kappa shape index (κ3) is 7.31. The molecule has 0 aromatic heterocycles. The quantitative estimate of drug-likeness (QED) is 0.117. The van der Waals surface area contributed by atoms with Crippen molar-refractivity contribution >= 4 is 50.8 Å². The van der Waals surface area contributed by atoms with Gasteiger partial charge in [0.2, 0.25) is 0 Å². The predicted molar refractivity (Wildman–Crippen MR) is 221 cm³/mol. The molecular weight excluding hydrogens is 734 g/mol. The van der Waals surface area contributed by atoms with E-state index in [1.54, 1.807) is 0 Å². The van der Waals surface area contributed by atoms with Crippen molar-refractivity contribution in [1.29, 1.82) is 0 Å². The summed E-state index contributed by atoms with van der Waals surface area (Å²) in [5.74, 6) is 1.47. The molecule has 0 heterocycles. The Morgan fingerprint density at radius 2 is 0.460 bits per heavy atom. The van der Waals surface area contributed by atoms with Crippen LogP contribution in [0.2, 0.25) is 0 Å². The van der Waals surface area contributed by atoms with Crippen molar-refractivity contribution in [3.63, 3.8) is 0 Å². The first-order valence-corrected chi connectivity index (χ1v) is 20.6. The monoisotopic (exact) mass is 778 g/mol. The maximum Gasteiger partial charge on any atom is 0.0226 e. The van der Waals surface area contributed by atoms with Crippen LogP contribution in [0.4, 0.5) is 0 Å². The molecule has 7 rings (SSSR count). The molecule has 3 heteroatoms. The minimum Gasteiger partial charge on any atom is -0.105 e. The second-order valence-corrected chi connectivity index (χ2v) is 19.2. The van der Waals surface area contributed by atoms with Gasteiger partial charge in [-0.3, -0.25) is 0 Å². The molecule has 6 aromatic carbocycles. The first kappa shape index (κ1) is 37.4. The molecule has 0 atom stereocenters. The zero-order valence-corrected chi connectivity index (χ0v) is 32.8. The van der Waals surface area contributed by atoms with E-state index in [1.807, 2.05) is 0 Å². The number of allylic oxidation sites excluding steroid dienone is 4. The largest absolute Gasteiger partial charge is 0.105 e. The summed E-state index contributed by atoms with van der Waals surface area (Å²) in [7, 11) is 0. The van der Waals surface area contributed by atoms with E-state index in [0.717, 1.165) is 0 Å². The van der Waals surface area contributed by atoms with Gasteiger partial charge in [0.15, 0.2) is 0 Å². The van der Waals surface area contributed by atoms with Crippen LogP contribution in [0.1, 0.15) is 34.6 Å². The van der Waals surface area contributed by atoms with Crippen LogP contribution in [0, 0.1) is 5.92 Å². The Morgan fingerprint density at radius 3 is 0.600 bits per heavy atom. The van der Waals surface area contributed by atoms with Crippen molar-refractivity contribution in [3.8, 4) is 0 Å². The van der Waals surface area contributed by atoms with Crippen LogP contribution in [0.3, 0.4) is 0 Å². The summed E-state index contributed by atoms with van der Waals surface area (Å²) in [5, 5.41) is 12.5. The molecule has 0 amide bonds. The molecule has 0 aliphatic heterocycles. The van der Waals surface area contributed by atoms with E-state index in [1.165, 1.54) is 60.0 Å². The fourth-order valence-corrected chi connectivity index (χ4v) is 16.9. The number of hydrogen-bond donors (Lipinski definition) is 0. The Morgan fingerprint density at radius 1 is 0.280 bits per heavy atom. The van der Waals surface area contributed by atoms with Gasteiger partial charge in [0.1, 0.15) is 0 Å². The number of benzene rings is 6. The number of hydrogen-bond acceptors (Lipinski definition) is 0. The van der Waals surface area contributed by atoms with Gasteiger partial charge in [0.25, 0.3) is 0 Å². The fourth-order valence-electron chi connectivity index (χ4n) is 6.78. The first-order chi connectivity index (χ1) is 23.9. The molecule has 1 aliphatic rings. The molecular formula is C47H45AgP2. The molecule has 0 N–H and O–H groups in total. The van der Waals surface area contributed by atoms with Gasteiger partial charge in [-0.2, -0.15) is 0 Å². The van der Waals surface area contributed by atoms with Gasteiger partial charge in [-0.25, -0.2) is 0 Å². The van der Waals surface area contributed by atoms with Crippen LogP contribution in [-0.4, -0.2) is 5.17 Å². The Bertz CT molecular complexity index is 1820. The van der Waals surface area contributed by atoms with Crippen molar-refractivity contribution < 1.29 is 22.4 Å². The van der Waals surface area contributed by atoms with Crippen LogP contribution >= 0.6 is 13.8 Å². The van der Waals surface area contributed by atoms with Gasteiger partial charge in [-0.1, -0.05) is 200 Å². The summed E-state index contributed by atoms with van der Waals surface area (Å²) in [6.07, 6.45) is 0. The van der Waals surface area contributed by atoms with Crippen molar-refractivity contribution in [1.82, 2.24) is 0 Å². The third-order valence-electron chi connectivity index (χ3n) is 9.97. The Balaban J connectivity index is 0.000000382. The average Bonchev–Trinajstić information content (AvgIpc) is 3.35. The van der Waals surface area contributed by atoms with E-state index in [4.69, 9.17) is 0 Å². The van der Waals surface area contributed by atoms with Crippen molar-refractivity contribution in [2.75, 3.05) is 0 Å². The Hall–Kier alpha value is -3.82. The van der Waals surface area contributed by atoms with Crippen LogP contribution in [0.15, 0.2) is 204 Å². The van der Waals surface area contributed by atoms with E-state index in [0.29, 0.717) is 0 Å². The molecule has 1 aliphatic carbocycles. The van der Waals surface area contributed by atoms with Gasteiger partial charge in [-0.05, 0) is 70.7 Å². The van der Waals surface area contributed by atoms with Gasteiger partial charge >= 0.3 is 0 Å². The second kappa shape index (κ2) is 16.9. The Labute approximate surface area is 316 Å². The standard InChI is InChI=1S/C37H30P2.C10H15.Ag/c1-7-19-32(20-8-1)38(33-21-9-2-10-22-33,34-23-11-3-12-24-34)31-39(35-25-13-4-14-26-35,36-27-15-5-16-28-36)37-29-17-6-18-30-37;1-6-7(2)9(4)10(5)8(6)3;/h1-30H;1-5H3;. The molecule has 6 aromatic rings. The zero-order chi connectivity index (χ0) is 34.3. The topological polar surface area (TPSA) is 0 Å². The van der Waals surface area contributed by atoms with Gasteiger partial charge in [0, 0.05) is 42.1 Å². The molecule has 0 spiro atoms. The SMILES string of the molecule is C(=P(c1ccccc1)(c1ccccc1)c1ccccc1)=P(c1ccccc1)(c1ccccc1)c1ccccc1.C[C]1C(C)=C(C)C(C)=C1C.[Ag]. The van der Waals surface area contributed by atoms with Gasteiger partial charge in [-0.15, -0.1) is 5.17 Å². The summed E-state index contributed by atoms with van der Waals surface area (Å²) in [6, 6.07) is 66.4. The molecule has 0 saturated carbocycles.